The van der Waals surface area contributed by atoms with Crippen molar-refractivity contribution in [1.29, 1.82) is 0 Å². The molecule has 0 spiro atoms. The van der Waals surface area contributed by atoms with Crippen LogP contribution in [-0.4, -0.2) is 16.6 Å². The van der Waals surface area contributed by atoms with Crippen LogP contribution in [0.2, 0.25) is 0 Å². The maximum absolute atomic E-state index is 13.3. The summed E-state index contributed by atoms with van der Waals surface area (Å²) < 4.78 is 13.3. The Hall–Kier alpha value is -1.69. The number of benzene rings is 1. The van der Waals surface area contributed by atoms with E-state index in [0.717, 1.165) is 31.5 Å². The zero-order valence-electron chi connectivity index (χ0n) is 9.36. The van der Waals surface area contributed by atoms with E-state index < -0.39 is 22.0 Å². The molecule has 1 atom stereocenters. The number of rotatable bonds is 2. The molecule has 5 nitrogen and oxygen atoms in total. The molecule has 0 radical (unpaired) electrons. The lowest BCUT2D eigenvalue weighted by molar-refractivity contribution is -0.387. The molecule has 1 saturated heterocycles. The van der Waals surface area contributed by atoms with Crippen LogP contribution in [0.3, 0.4) is 0 Å². The van der Waals surface area contributed by atoms with Crippen LogP contribution in [0, 0.1) is 15.9 Å². The Kier molecular flexibility index (Phi) is 2.74. The van der Waals surface area contributed by atoms with Gasteiger partial charge in [-0.15, -0.1) is 0 Å². The molecule has 0 saturated carbocycles. The number of nitro benzene ring substituents is 1. The minimum atomic E-state index is -1.02. The Morgan fingerprint density at radius 1 is 1.59 bits per heavy atom. The second-order valence-electron chi connectivity index (χ2n) is 4.44. The number of nitrogens with zero attached hydrogens (tertiary/aromatic N) is 1. The van der Waals surface area contributed by atoms with Crippen molar-refractivity contribution >= 4 is 5.69 Å². The van der Waals surface area contributed by atoms with E-state index in [9.17, 15) is 19.6 Å². The molecule has 1 unspecified atom stereocenters. The lowest BCUT2D eigenvalue weighted by Gasteiger charge is -2.25. The number of halogens is 1. The molecular weight excluding hydrogens is 227 g/mol. The first kappa shape index (κ1) is 11.8. The quantitative estimate of drug-likeness (QED) is 0.612. The molecule has 6 heteroatoms. The Labute approximate surface area is 97.4 Å². The fourth-order valence-corrected chi connectivity index (χ4v) is 2.26. The maximum atomic E-state index is 13.3. The highest BCUT2D eigenvalue weighted by Gasteiger charge is 2.34. The molecule has 1 aromatic carbocycles. The number of aromatic hydroxyl groups is 1. The third-order valence-electron chi connectivity index (χ3n) is 3.23. The van der Waals surface area contributed by atoms with Gasteiger partial charge < -0.3 is 10.4 Å². The summed E-state index contributed by atoms with van der Waals surface area (Å²) in [5.74, 6) is -1.26. The van der Waals surface area contributed by atoms with Crippen molar-refractivity contribution in [1.82, 2.24) is 5.32 Å². The van der Waals surface area contributed by atoms with Crippen molar-refractivity contribution in [3.63, 3.8) is 0 Å². The van der Waals surface area contributed by atoms with E-state index in [1.807, 2.05) is 6.92 Å². The van der Waals surface area contributed by atoms with Crippen molar-refractivity contribution in [2.24, 2.45) is 0 Å². The van der Waals surface area contributed by atoms with Gasteiger partial charge in [0.25, 0.3) is 0 Å². The minimum Gasteiger partial charge on any atom is -0.507 e. The first-order valence-corrected chi connectivity index (χ1v) is 5.36. The van der Waals surface area contributed by atoms with Gasteiger partial charge in [-0.2, -0.15) is 4.39 Å². The highest BCUT2D eigenvalue weighted by atomic mass is 19.1. The average molecular weight is 240 g/mol. The summed E-state index contributed by atoms with van der Waals surface area (Å²) in [6, 6.07) is 1.92. The first-order valence-electron chi connectivity index (χ1n) is 5.36. The topological polar surface area (TPSA) is 75.4 Å². The first-order chi connectivity index (χ1) is 7.94. The average Bonchev–Trinajstić information content (AvgIpc) is 2.65. The van der Waals surface area contributed by atoms with Crippen molar-refractivity contribution in [3.05, 3.63) is 33.6 Å². The van der Waals surface area contributed by atoms with Gasteiger partial charge in [-0.05, 0) is 26.3 Å². The second-order valence-corrected chi connectivity index (χ2v) is 4.44. The van der Waals surface area contributed by atoms with E-state index in [2.05, 4.69) is 5.32 Å². The normalized spacial score (nSPS) is 23.9. The van der Waals surface area contributed by atoms with Gasteiger partial charge in [0.1, 0.15) is 5.75 Å². The lowest BCUT2D eigenvalue weighted by atomic mass is 9.89. The van der Waals surface area contributed by atoms with Crippen molar-refractivity contribution < 1.29 is 14.4 Å². The van der Waals surface area contributed by atoms with E-state index >= 15 is 0 Å². The summed E-state index contributed by atoms with van der Waals surface area (Å²) in [6.07, 6.45) is 1.67. The van der Waals surface area contributed by atoms with E-state index in [1.54, 1.807) is 0 Å². The lowest BCUT2D eigenvalue weighted by Crippen LogP contribution is -2.33. The summed E-state index contributed by atoms with van der Waals surface area (Å²) in [4.78, 5) is 9.89. The zero-order chi connectivity index (χ0) is 12.6. The molecular formula is C11H13FN2O3. The van der Waals surface area contributed by atoms with Gasteiger partial charge in [0.15, 0.2) is 0 Å². The molecule has 1 aliphatic rings. The summed E-state index contributed by atoms with van der Waals surface area (Å²) in [6.45, 7) is 2.62. The van der Waals surface area contributed by atoms with E-state index in [-0.39, 0.29) is 5.75 Å². The third-order valence-corrected chi connectivity index (χ3v) is 3.23. The van der Waals surface area contributed by atoms with Crippen LogP contribution in [0.4, 0.5) is 10.1 Å². The molecule has 0 amide bonds. The van der Waals surface area contributed by atoms with E-state index in [4.69, 9.17) is 0 Å². The van der Waals surface area contributed by atoms with Crippen molar-refractivity contribution in [2.75, 3.05) is 6.54 Å². The molecule has 1 aromatic rings. The maximum Gasteiger partial charge on any atom is 0.305 e. The number of nitrogens with one attached hydrogen (secondary N) is 1. The van der Waals surface area contributed by atoms with Gasteiger partial charge in [-0.1, -0.05) is 0 Å². The number of hydrogen-bond acceptors (Lipinski definition) is 4. The number of phenols is 1. The largest absolute Gasteiger partial charge is 0.507 e. The van der Waals surface area contributed by atoms with Crippen LogP contribution >= 0.6 is 0 Å². The van der Waals surface area contributed by atoms with Gasteiger partial charge >= 0.3 is 5.69 Å². The van der Waals surface area contributed by atoms with Crippen LogP contribution in [0.15, 0.2) is 12.1 Å². The highest BCUT2D eigenvalue weighted by molar-refractivity contribution is 5.48. The smallest absolute Gasteiger partial charge is 0.305 e. The summed E-state index contributed by atoms with van der Waals surface area (Å²) in [7, 11) is 0. The van der Waals surface area contributed by atoms with Crippen LogP contribution in [0.1, 0.15) is 25.3 Å². The number of nitro groups is 1. The standard InChI is InChI=1S/C11H13FN2O3/c1-11(3-2-4-13-11)7-5-9(14(16)17)8(12)6-10(7)15/h5-6,13,15H,2-4H2,1H3. The van der Waals surface area contributed by atoms with Crippen molar-refractivity contribution in [3.8, 4) is 5.75 Å². The van der Waals surface area contributed by atoms with E-state index in [0.29, 0.717) is 5.56 Å². The number of phenolic OH excluding ortho intramolecular Hbond substituents is 1. The summed E-state index contributed by atoms with van der Waals surface area (Å²) in [5.41, 5.74) is -0.751. The Morgan fingerprint density at radius 2 is 2.29 bits per heavy atom. The molecule has 0 aliphatic carbocycles. The summed E-state index contributed by atoms with van der Waals surface area (Å²) in [5, 5.41) is 23.6. The molecule has 1 fully saturated rings. The molecule has 2 rings (SSSR count). The molecule has 1 heterocycles. The molecule has 0 bridgehead atoms. The molecule has 17 heavy (non-hydrogen) atoms. The van der Waals surface area contributed by atoms with Gasteiger partial charge in [0.2, 0.25) is 5.82 Å². The monoisotopic (exact) mass is 240 g/mol. The molecule has 2 N–H and O–H groups in total. The van der Waals surface area contributed by atoms with Gasteiger partial charge in [0, 0.05) is 23.2 Å². The molecule has 92 valence electrons. The fraction of sp³-hybridized carbons (Fsp3) is 0.455. The summed E-state index contributed by atoms with van der Waals surface area (Å²) >= 11 is 0. The SMILES string of the molecule is CC1(c2cc([N+](=O)[O-])c(F)cc2O)CCCN1. The third kappa shape index (κ3) is 1.95. The van der Waals surface area contributed by atoms with Gasteiger partial charge in [0.05, 0.1) is 4.92 Å². The minimum absolute atomic E-state index is 0.245. The Morgan fingerprint density at radius 3 is 2.82 bits per heavy atom. The van der Waals surface area contributed by atoms with Crippen LogP contribution < -0.4 is 5.32 Å². The van der Waals surface area contributed by atoms with Crippen molar-refractivity contribution in [2.45, 2.75) is 25.3 Å². The second kappa shape index (κ2) is 3.96. The predicted octanol–water partition coefficient (Wildman–Crippen LogP) is 2.04. The number of hydrogen-bond donors (Lipinski definition) is 2. The van der Waals surface area contributed by atoms with Crippen LogP contribution in [0.25, 0.3) is 0 Å². The Balaban J connectivity index is 2.54. The Bertz CT molecular complexity index is 470. The fourth-order valence-electron chi connectivity index (χ4n) is 2.26. The van der Waals surface area contributed by atoms with Gasteiger partial charge in [-0.3, -0.25) is 10.1 Å². The zero-order valence-corrected chi connectivity index (χ0v) is 9.36. The molecule has 0 aromatic heterocycles. The predicted molar refractivity (Wildman–Crippen MR) is 59.3 cm³/mol. The molecule has 1 aliphatic heterocycles. The van der Waals surface area contributed by atoms with Gasteiger partial charge in [-0.25, -0.2) is 0 Å². The van der Waals surface area contributed by atoms with Crippen LogP contribution in [-0.2, 0) is 5.54 Å². The van der Waals surface area contributed by atoms with Crippen LogP contribution in [0.5, 0.6) is 5.75 Å². The van der Waals surface area contributed by atoms with E-state index in [1.165, 1.54) is 0 Å². The highest BCUT2D eigenvalue weighted by Crippen LogP contribution is 2.38.